The highest BCUT2D eigenvalue weighted by atomic mass is 16.1. The van der Waals surface area contributed by atoms with E-state index in [9.17, 15) is 4.79 Å². The SMILES string of the molecule is Cn1ncc2c(N3C[C@H]4CC[C@@H](C3)C4NC(=O)c3ccc4nccn4c3)ncnc21. The Morgan fingerprint density at radius 2 is 1.97 bits per heavy atom. The number of amides is 1. The number of aromatic nitrogens is 6. The van der Waals surface area contributed by atoms with Gasteiger partial charge in [-0.1, -0.05) is 0 Å². The second-order valence-corrected chi connectivity index (χ2v) is 8.31. The zero-order valence-electron chi connectivity index (χ0n) is 16.6. The van der Waals surface area contributed by atoms with Crippen molar-refractivity contribution in [2.75, 3.05) is 18.0 Å². The quantitative estimate of drug-likeness (QED) is 0.560. The van der Waals surface area contributed by atoms with Gasteiger partial charge < -0.3 is 14.6 Å². The molecule has 9 heteroatoms. The maximum atomic E-state index is 12.9. The first-order valence-corrected chi connectivity index (χ1v) is 10.3. The summed E-state index contributed by atoms with van der Waals surface area (Å²) in [7, 11) is 1.89. The van der Waals surface area contributed by atoms with Crippen molar-refractivity contribution >= 4 is 28.4 Å². The van der Waals surface area contributed by atoms with Crippen LogP contribution in [0.3, 0.4) is 0 Å². The fourth-order valence-electron chi connectivity index (χ4n) is 5.12. The molecule has 6 rings (SSSR count). The Morgan fingerprint density at radius 1 is 1.13 bits per heavy atom. The van der Waals surface area contributed by atoms with Crippen LogP contribution < -0.4 is 10.2 Å². The summed E-state index contributed by atoms with van der Waals surface area (Å²) in [5, 5.41) is 8.64. The van der Waals surface area contributed by atoms with Crippen LogP contribution in [0, 0.1) is 11.8 Å². The van der Waals surface area contributed by atoms with Gasteiger partial charge in [0.1, 0.15) is 17.8 Å². The van der Waals surface area contributed by atoms with Crippen LogP contribution in [0.15, 0.2) is 43.2 Å². The fourth-order valence-corrected chi connectivity index (χ4v) is 5.12. The molecule has 2 fully saturated rings. The topological polar surface area (TPSA) is 93.2 Å². The number of imidazole rings is 1. The van der Waals surface area contributed by atoms with Crippen molar-refractivity contribution in [3.63, 3.8) is 0 Å². The number of carbonyl (C=O) groups is 1. The minimum absolute atomic E-state index is 0.0161. The van der Waals surface area contributed by atoms with Gasteiger partial charge in [0.25, 0.3) is 5.91 Å². The van der Waals surface area contributed by atoms with E-state index < -0.39 is 0 Å². The zero-order chi connectivity index (χ0) is 20.2. The van der Waals surface area contributed by atoms with Crippen molar-refractivity contribution in [2.24, 2.45) is 18.9 Å². The van der Waals surface area contributed by atoms with Gasteiger partial charge >= 0.3 is 0 Å². The zero-order valence-corrected chi connectivity index (χ0v) is 16.6. The third kappa shape index (κ3) is 2.65. The third-order valence-corrected chi connectivity index (χ3v) is 6.59. The van der Waals surface area contributed by atoms with E-state index in [4.69, 9.17) is 0 Å². The molecule has 1 amide bonds. The number of rotatable bonds is 3. The number of piperidine rings is 1. The number of pyridine rings is 1. The van der Waals surface area contributed by atoms with E-state index in [1.54, 1.807) is 17.2 Å². The second-order valence-electron chi connectivity index (χ2n) is 8.31. The van der Waals surface area contributed by atoms with E-state index in [0.717, 1.165) is 48.4 Å². The van der Waals surface area contributed by atoms with Crippen LogP contribution in [0.5, 0.6) is 0 Å². The number of carbonyl (C=O) groups excluding carboxylic acids is 1. The van der Waals surface area contributed by atoms with Gasteiger partial charge in [0.05, 0.1) is 17.1 Å². The number of nitrogens with zero attached hydrogens (tertiary/aromatic N) is 7. The monoisotopic (exact) mass is 402 g/mol. The number of hydrogen-bond donors (Lipinski definition) is 1. The molecule has 1 aliphatic heterocycles. The Labute approximate surface area is 172 Å². The lowest BCUT2D eigenvalue weighted by atomic mass is 9.91. The van der Waals surface area contributed by atoms with E-state index >= 15 is 0 Å². The molecule has 4 aromatic heterocycles. The smallest absolute Gasteiger partial charge is 0.253 e. The Hall–Kier alpha value is -3.49. The van der Waals surface area contributed by atoms with Crippen LogP contribution in [0.4, 0.5) is 5.82 Å². The molecule has 9 nitrogen and oxygen atoms in total. The summed E-state index contributed by atoms with van der Waals surface area (Å²) >= 11 is 0. The van der Waals surface area contributed by atoms with Gasteiger partial charge in [0.15, 0.2) is 5.65 Å². The molecule has 0 spiro atoms. The molecule has 2 bridgehead atoms. The van der Waals surface area contributed by atoms with Gasteiger partial charge in [0, 0.05) is 44.8 Å². The van der Waals surface area contributed by atoms with Crippen LogP contribution in [0.2, 0.25) is 0 Å². The Kier molecular flexibility index (Phi) is 3.77. The molecule has 1 aliphatic carbocycles. The minimum Gasteiger partial charge on any atom is -0.355 e. The number of anilines is 1. The number of hydrogen-bond acceptors (Lipinski definition) is 6. The van der Waals surface area contributed by atoms with Crippen molar-refractivity contribution in [3.8, 4) is 0 Å². The predicted molar refractivity (Wildman–Crippen MR) is 111 cm³/mol. The van der Waals surface area contributed by atoms with Gasteiger partial charge in [-0.05, 0) is 36.8 Å². The summed E-state index contributed by atoms with van der Waals surface area (Å²) in [4.78, 5) is 28.4. The van der Waals surface area contributed by atoms with Crippen molar-refractivity contribution < 1.29 is 4.79 Å². The fraction of sp³-hybridized carbons (Fsp3) is 0.381. The summed E-state index contributed by atoms with van der Waals surface area (Å²) < 4.78 is 3.65. The van der Waals surface area contributed by atoms with E-state index in [-0.39, 0.29) is 11.9 Å². The summed E-state index contributed by atoms with van der Waals surface area (Å²) in [6, 6.07) is 3.91. The Morgan fingerprint density at radius 3 is 2.80 bits per heavy atom. The molecule has 5 heterocycles. The van der Waals surface area contributed by atoms with Crippen LogP contribution in [0.25, 0.3) is 16.7 Å². The van der Waals surface area contributed by atoms with Gasteiger partial charge in [-0.15, -0.1) is 0 Å². The molecular formula is C21H22N8O. The molecular weight excluding hydrogens is 380 g/mol. The van der Waals surface area contributed by atoms with Crippen molar-refractivity contribution in [3.05, 3.63) is 48.8 Å². The normalized spacial score (nSPS) is 23.4. The lowest BCUT2D eigenvalue weighted by Crippen LogP contribution is -2.53. The van der Waals surface area contributed by atoms with E-state index in [1.807, 2.05) is 42.2 Å². The largest absolute Gasteiger partial charge is 0.355 e. The average Bonchev–Trinajstić information content (AvgIpc) is 3.43. The van der Waals surface area contributed by atoms with Crippen molar-refractivity contribution in [1.29, 1.82) is 0 Å². The number of nitrogens with one attached hydrogen (secondary N) is 1. The van der Waals surface area contributed by atoms with Crippen LogP contribution in [0.1, 0.15) is 23.2 Å². The van der Waals surface area contributed by atoms with E-state index in [0.29, 0.717) is 17.4 Å². The molecule has 2 aliphatic rings. The lowest BCUT2D eigenvalue weighted by molar-refractivity contribution is 0.0910. The second kappa shape index (κ2) is 6.51. The highest BCUT2D eigenvalue weighted by Crippen LogP contribution is 2.39. The average molecular weight is 402 g/mol. The summed E-state index contributed by atoms with van der Waals surface area (Å²) in [6.45, 7) is 1.76. The molecule has 0 aromatic carbocycles. The molecule has 30 heavy (non-hydrogen) atoms. The number of aryl methyl sites for hydroxylation is 1. The van der Waals surface area contributed by atoms with E-state index in [2.05, 4.69) is 30.3 Å². The van der Waals surface area contributed by atoms with E-state index in [1.165, 1.54) is 0 Å². The van der Waals surface area contributed by atoms with Crippen molar-refractivity contribution in [2.45, 2.75) is 18.9 Å². The number of fused-ring (bicyclic) bond motifs is 4. The van der Waals surface area contributed by atoms with Crippen LogP contribution in [-0.2, 0) is 7.05 Å². The molecule has 1 saturated heterocycles. The summed E-state index contributed by atoms with van der Waals surface area (Å²) in [6.07, 6.45) is 11.1. The molecule has 152 valence electrons. The maximum Gasteiger partial charge on any atom is 0.253 e. The first kappa shape index (κ1) is 17.4. The molecule has 3 atom stereocenters. The van der Waals surface area contributed by atoms with Gasteiger partial charge in [-0.3, -0.25) is 9.48 Å². The summed E-state index contributed by atoms with van der Waals surface area (Å²) in [5.74, 6) is 1.75. The molecule has 1 N–H and O–H groups in total. The van der Waals surface area contributed by atoms with Gasteiger partial charge in [-0.25, -0.2) is 15.0 Å². The van der Waals surface area contributed by atoms with Gasteiger partial charge in [0.2, 0.25) is 0 Å². The molecule has 4 aromatic rings. The minimum atomic E-state index is -0.0161. The standard InChI is InChI=1S/C21H22N8O/c1-27-19-16(8-25-27)20(24-12-23-19)29-9-13-2-3-14(10-29)18(13)26-21(30)15-4-5-17-22-6-7-28(17)11-15/h4-8,11-14,18H,2-3,9-10H2,1H3,(H,26,30)/t13-,14+,18?. The molecule has 1 unspecified atom stereocenters. The lowest BCUT2D eigenvalue weighted by Gasteiger charge is -2.39. The first-order valence-electron chi connectivity index (χ1n) is 10.3. The Balaban J connectivity index is 1.22. The first-order chi connectivity index (χ1) is 14.7. The van der Waals surface area contributed by atoms with Gasteiger partial charge in [-0.2, -0.15) is 5.10 Å². The summed E-state index contributed by atoms with van der Waals surface area (Å²) in [5.41, 5.74) is 2.35. The van der Waals surface area contributed by atoms with Crippen LogP contribution >= 0.6 is 0 Å². The molecule has 1 saturated carbocycles. The molecule has 0 radical (unpaired) electrons. The highest BCUT2D eigenvalue weighted by molar-refractivity contribution is 5.94. The highest BCUT2D eigenvalue weighted by Gasteiger charge is 2.43. The third-order valence-electron chi connectivity index (χ3n) is 6.59. The van der Waals surface area contributed by atoms with Crippen LogP contribution in [-0.4, -0.2) is 54.2 Å². The Bertz CT molecular complexity index is 1250. The predicted octanol–water partition coefficient (Wildman–Crippen LogP) is 1.66. The van der Waals surface area contributed by atoms with Crippen molar-refractivity contribution in [1.82, 2.24) is 34.4 Å². The maximum absolute atomic E-state index is 12.9.